The van der Waals surface area contributed by atoms with E-state index in [1.54, 1.807) is 0 Å². The van der Waals surface area contributed by atoms with Crippen molar-refractivity contribution < 1.29 is 19.2 Å². The van der Waals surface area contributed by atoms with E-state index in [0.717, 1.165) is 0 Å². The second kappa shape index (κ2) is 12.2. The minimum absolute atomic E-state index is 0.0807. The molecule has 1 aliphatic heterocycles. The predicted molar refractivity (Wildman–Crippen MR) is 102 cm³/mol. The molecule has 12 heteroatoms. The normalized spacial score (nSPS) is 27.1. The van der Waals surface area contributed by atoms with Gasteiger partial charge in [0.15, 0.2) is 0 Å². The van der Waals surface area contributed by atoms with Gasteiger partial charge in [0.2, 0.25) is 23.6 Å². The first kappa shape index (κ1) is 23.8. The van der Waals surface area contributed by atoms with Crippen molar-refractivity contribution in [2.45, 2.75) is 49.9 Å². The van der Waals surface area contributed by atoms with Crippen LogP contribution in [0, 0.1) is 0 Å². The van der Waals surface area contributed by atoms with Crippen LogP contribution in [0.3, 0.4) is 0 Å². The highest BCUT2D eigenvalue weighted by Crippen LogP contribution is 2.01. The van der Waals surface area contributed by atoms with Crippen LogP contribution in [0.2, 0.25) is 0 Å². The second-order valence-electron chi connectivity index (χ2n) is 7.10. The summed E-state index contributed by atoms with van der Waals surface area (Å²) in [6.07, 6.45) is 0.323. The van der Waals surface area contributed by atoms with Crippen LogP contribution >= 0.6 is 0 Å². The predicted octanol–water partition coefficient (Wildman–Crippen LogP) is -4.67. The van der Waals surface area contributed by atoms with Crippen LogP contribution in [0.15, 0.2) is 0 Å². The molecule has 160 valence electrons. The standard InChI is InChI=1S/C16H32N8O4/c17-13(25)1-9-5-22-11(3-15(19)27)7-24-12(4-16(20)28)8-23-10(6-21-9)2-14(18)26/h9-12,21-24H,1-8H2,(H2,17,25)(H2,18,26)(H2,19,27)(H2,20,28)/t9-,10-,11-,12-/m0/s1. The molecule has 1 saturated heterocycles. The second-order valence-corrected chi connectivity index (χ2v) is 7.10. The molecule has 0 aromatic heterocycles. The summed E-state index contributed by atoms with van der Waals surface area (Å²) >= 11 is 0. The Morgan fingerprint density at radius 3 is 0.821 bits per heavy atom. The van der Waals surface area contributed by atoms with Crippen LogP contribution in [0.5, 0.6) is 0 Å². The van der Waals surface area contributed by atoms with Crippen molar-refractivity contribution >= 4 is 23.6 Å². The van der Waals surface area contributed by atoms with E-state index in [2.05, 4.69) is 21.3 Å². The molecule has 1 heterocycles. The lowest BCUT2D eigenvalue weighted by Gasteiger charge is -2.29. The molecule has 0 bridgehead atoms. The van der Waals surface area contributed by atoms with Gasteiger partial charge in [-0.05, 0) is 0 Å². The number of nitrogens with one attached hydrogen (secondary N) is 4. The van der Waals surface area contributed by atoms with Crippen LogP contribution in [0.1, 0.15) is 25.7 Å². The number of nitrogens with two attached hydrogens (primary N) is 4. The van der Waals surface area contributed by atoms with Crippen molar-refractivity contribution in [3.63, 3.8) is 0 Å². The Balaban J connectivity index is 2.90. The average molecular weight is 400 g/mol. The molecule has 4 atom stereocenters. The van der Waals surface area contributed by atoms with Gasteiger partial charge in [0, 0.05) is 76.0 Å². The number of hydrogen-bond acceptors (Lipinski definition) is 8. The van der Waals surface area contributed by atoms with Crippen molar-refractivity contribution in [1.29, 1.82) is 0 Å². The van der Waals surface area contributed by atoms with E-state index < -0.39 is 23.6 Å². The Hall–Kier alpha value is -2.28. The molecular weight excluding hydrogens is 368 g/mol. The number of hydrogen-bond donors (Lipinski definition) is 8. The minimum Gasteiger partial charge on any atom is -0.370 e. The van der Waals surface area contributed by atoms with Crippen molar-refractivity contribution in [1.82, 2.24) is 21.3 Å². The van der Waals surface area contributed by atoms with Gasteiger partial charge in [-0.25, -0.2) is 0 Å². The van der Waals surface area contributed by atoms with Crippen molar-refractivity contribution in [2.24, 2.45) is 22.9 Å². The number of carbonyl (C=O) groups is 4. The fraction of sp³-hybridized carbons (Fsp3) is 0.750. The lowest BCUT2D eigenvalue weighted by molar-refractivity contribution is -0.120. The minimum atomic E-state index is -0.475. The maximum absolute atomic E-state index is 11.3. The molecule has 0 radical (unpaired) electrons. The molecule has 0 aliphatic carbocycles. The Bertz CT molecular complexity index is 447. The smallest absolute Gasteiger partial charge is 0.219 e. The third kappa shape index (κ3) is 10.8. The van der Waals surface area contributed by atoms with E-state index in [9.17, 15) is 19.2 Å². The summed E-state index contributed by atoms with van der Waals surface area (Å²) in [5.74, 6) is -1.90. The van der Waals surface area contributed by atoms with Gasteiger partial charge in [0.05, 0.1) is 0 Å². The summed E-state index contributed by atoms with van der Waals surface area (Å²) in [5, 5.41) is 12.8. The van der Waals surface area contributed by atoms with E-state index in [4.69, 9.17) is 22.9 Å². The molecule has 12 nitrogen and oxygen atoms in total. The topological polar surface area (TPSA) is 220 Å². The molecule has 4 amide bonds. The lowest BCUT2D eigenvalue weighted by atomic mass is 10.1. The zero-order chi connectivity index (χ0) is 21.1. The molecular formula is C16H32N8O4. The van der Waals surface area contributed by atoms with Crippen LogP contribution in [-0.2, 0) is 19.2 Å². The first-order valence-electron chi connectivity index (χ1n) is 9.22. The van der Waals surface area contributed by atoms with E-state index >= 15 is 0 Å². The third-order valence-electron chi connectivity index (χ3n) is 4.40. The number of carbonyl (C=O) groups excluding carboxylic acids is 4. The van der Waals surface area contributed by atoms with Crippen molar-refractivity contribution in [3.8, 4) is 0 Å². The van der Waals surface area contributed by atoms with Gasteiger partial charge in [0.1, 0.15) is 0 Å². The van der Waals surface area contributed by atoms with Crippen LogP contribution < -0.4 is 44.2 Å². The van der Waals surface area contributed by atoms with Gasteiger partial charge in [0.25, 0.3) is 0 Å². The van der Waals surface area contributed by atoms with Gasteiger partial charge in [-0.2, -0.15) is 0 Å². The van der Waals surface area contributed by atoms with E-state index in [1.807, 2.05) is 0 Å². The lowest BCUT2D eigenvalue weighted by Crippen LogP contribution is -2.56. The molecule has 0 aromatic carbocycles. The molecule has 0 saturated carbocycles. The monoisotopic (exact) mass is 400 g/mol. The summed E-state index contributed by atoms with van der Waals surface area (Å²) in [6.45, 7) is 1.41. The van der Waals surface area contributed by atoms with Gasteiger partial charge >= 0.3 is 0 Å². The van der Waals surface area contributed by atoms with E-state index in [0.29, 0.717) is 26.2 Å². The quantitative estimate of drug-likeness (QED) is 0.197. The zero-order valence-corrected chi connectivity index (χ0v) is 15.9. The Morgan fingerprint density at radius 2 is 0.679 bits per heavy atom. The fourth-order valence-electron chi connectivity index (χ4n) is 3.07. The maximum Gasteiger partial charge on any atom is 0.219 e. The van der Waals surface area contributed by atoms with Gasteiger partial charge in [-0.1, -0.05) is 0 Å². The highest BCUT2D eigenvalue weighted by Gasteiger charge is 2.22. The van der Waals surface area contributed by atoms with Gasteiger partial charge in [-0.3, -0.25) is 19.2 Å². The van der Waals surface area contributed by atoms with Crippen LogP contribution in [0.4, 0.5) is 0 Å². The Morgan fingerprint density at radius 1 is 0.500 bits per heavy atom. The summed E-state index contributed by atoms with van der Waals surface area (Å²) in [4.78, 5) is 45.4. The van der Waals surface area contributed by atoms with E-state index in [1.165, 1.54) is 0 Å². The fourth-order valence-corrected chi connectivity index (χ4v) is 3.07. The number of amides is 4. The van der Waals surface area contributed by atoms with E-state index in [-0.39, 0.29) is 49.9 Å². The third-order valence-corrected chi connectivity index (χ3v) is 4.40. The molecule has 1 rings (SSSR count). The van der Waals surface area contributed by atoms with Gasteiger partial charge in [-0.15, -0.1) is 0 Å². The molecule has 12 N–H and O–H groups in total. The SMILES string of the molecule is NC(=O)C[C@H]1CN[C@@H](CC(N)=O)CN[C@@H](CC(N)=O)CN[C@@H](CC(N)=O)CN1. The van der Waals surface area contributed by atoms with Crippen LogP contribution in [0.25, 0.3) is 0 Å². The zero-order valence-electron chi connectivity index (χ0n) is 15.9. The number of rotatable bonds is 8. The van der Waals surface area contributed by atoms with Gasteiger partial charge < -0.3 is 44.2 Å². The number of primary amides is 4. The largest absolute Gasteiger partial charge is 0.370 e. The average Bonchev–Trinajstić information content (AvgIpc) is 2.55. The first-order valence-corrected chi connectivity index (χ1v) is 9.22. The molecule has 0 spiro atoms. The summed E-state index contributed by atoms with van der Waals surface area (Å²) in [6, 6.07) is -1.20. The van der Waals surface area contributed by atoms with Crippen molar-refractivity contribution in [3.05, 3.63) is 0 Å². The van der Waals surface area contributed by atoms with Crippen LogP contribution in [-0.4, -0.2) is 74.0 Å². The summed E-state index contributed by atoms with van der Waals surface area (Å²) < 4.78 is 0. The van der Waals surface area contributed by atoms with Crippen molar-refractivity contribution in [2.75, 3.05) is 26.2 Å². The first-order chi connectivity index (χ1) is 13.2. The molecule has 1 fully saturated rings. The molecule has 1 aliphatic rings. The Kier molecular flexibility index (Phi) is 10.4. The maximum atomic E-state index is 11.3. The highest BCUT2D eigenvalue weighted by atomic mass is 16.2. The molecule has 28 heavy (non-hydrogen) atoms. The molecule has 0 unspecified atom stereocenters. The highest BCUT2D eigenvalue weighted by molar-refractivity contribution is 5.75. The summed E-state index contributed by atoms with van der Waals surface area (Å²) in [7, 11) is 0. The Labute approximate surface area is 163 Å². The molecule has 0 aromatic rings. The summed E-state index contributed by atoms with van der Waals surface area (Å²) in [5.41, 5.74) is 21.2.